The summed E-state index contributed by atoms with van der Waals surface area (Å²) in [6.07, 6.45) is 4.12. The minimum atomic E-state index is -1.04. The Kier molecular flexibility index (Phi) is 5.74. The molecule has 1 aromatic carbocycles. The molecule has 1 saturated heterocycles. The third-order valence-corrected chi connectivity index (χ3v) is 6.72. The van der Waals surface area contributed by atoms with Crippen molar-refractivity contribution in [1.29, 1.82) is 0 Å². The molecule has 1 N–H and O–H groups in total. The lowest BCUT2D eigenvalue weighted by atomic mass is 10.0. The van der Waals surface area contributed by atoms with Crippen molar-refractivity contribution in [3.8, 4) is 22.8 Å². The molecule has 2 aromatic heterocycles. The second kappa shape index (κ2) is 9.25. The van der Waals surface area contributed by atoms with Gasteiger partial charge in [-0.1, -0.05) is 11.2 Å². The van der Waals surface area contributed by atoms with Crippen LogP contribution in [0.2, 0.25) is 0 Å². The molecular formula is C25H20FN7O5. The Labute approximate surface area is 214 Å². The molecular weight excluding hydrogens is 497 g/mol. The van der Waals surface area contributed by atoms with E-state index in [-0.39, 0.29) is 53.7 Å². The molecule has 13 heteroatoms. The van der Waals surface area contributed by atoms with Crippen molar-refractivity contribution in [3.63, 3.8) is 0 Å². The summed E-state index contributed by atoms with van der Waals surface area (Å²) in [6, 6.07) is 5.28. The second-order valence-corrected chi connectivity index (χ2v) is 9.05. The van der Waals surface area contributed by atoms with Gasteiger partial charge in [-0.25, -0.2) is 14.4 Å². The standard InChI is InChI=1S/C25H20FN7O5/c26-19-13(21-27-9-3-10-28-21)4-1-5-14(19)22-30-18(38-31-22)12-32-11-2-6-15-20(32)25(37)33(24(15)36)16-7-8-17(34)29-23(16)35/h1,3-5,9-10,16H,2,6-8,11-12H2,(H,29,34,35). The Morgan fingerprint density at radius 2 is 1.76 bits per heavy atom. The van der Waals surface area contributed by atoms with Crippen molar-refractivity contribution < 1.29 is 28.1 Å². The van der Waals surface area contributed by atoms with Crippen molar-refractivity contribution in [1.82, 2.24) is 35.2 Å². The molecule has 0 aliphatic carbocycles. The molecule has 38 heavy (non-hydrogen) atoms. The Morgan fingerprint density at radius 1 is 1.00 bits per heavy atom. The number of hydrogen-bond donors (Lipinski definition) is 1. The maximum absolute atomic E-state index is 15.3. The Hall–Kier alpha value is -4.81. The van der Waals surface area contributed by atoms with Gasteiger partial charge in [0.15, 0.2) is 5.82 Å². The summed E-state index contributed by atoms with van der Waals surface area (Å²) < 4.78 is 20.7. The molecule has 0 radical (unpaired) electrons. The van der Waals surface area contributed by atoms with Crippen LogP contribution >= 0.6 is 0 Å². The van der Waals surface area contributed by atoms with Crippen molar-refractivity contribution in [2.24, 2.45) is 0 Å². The van der Waals surface area contributed by atoms with E-state index in [1.165, 1.54) is 18.5 Å². The monoisotopic (exact) mass is 517 g/mol. The topological polar surface area (TPSA) is 151 Å². The molecule has 0 bridgehead atoms. The normalized spacial score (nSPS) is 19.8. The Morgan fingerprint density at radius 3 is 2.53 bits per heavy atom. The van der Waals surface area contributed by atoms with Crippen molar-refractivity contribution >= 4 is 23.6 Å². The fraction of sp³-hybridized carbons (Fsp3) is 0.280. The van der Waals surface area contributed by atoms with Crippen molar-refractivity contribution in [2.45, 2.75) is 38.3 Å². The van der Waals surface area contributed by atoms with Crippen LogP contribution in [0.4, 0.5) is 4.39 Å². The van der Waals surface area contributed by atoms with E-state index in [2.05, 4.69) is 25.4 Å². The Balaban J connectivity index is 1.24. The molecule has 1 fully saturated rings. The van der Waals surface area contributed by atoms with Gasteiger partial charge in [0, 0.05) is 30.9 Å². The van der Waals surface area contributed by atoms with Crippen LogP contribution in [0.5, 0.6) is 0 Å². The number of nitrogens with one attached hydrogen (secondary N) is 1. The van der Waals surface area contributed by atoms with Crippen LogP contribution in [0.1, 0.15) is 31.6 Å². The Bertz CT molecular complexity index is 1520. The van der Waals surface area contributed by atoms with Gasteiger partial charge in [0.2, 0.25) is 23.5 Å². The van der Waals surface area contributed by atoms with Gasteiger partial charge in [0.05, 0.1) is 17.7 Å². The van der Waals surface area contributed by atoms with E-state index in [9.17, 15) is 19.2 Å². The highest BCUT2D eigenvalue weighted by atomic mass is 19.1. The van der Waals surface area contributed by atoms with Gasteiger partial charge in [0.25, 0.3) is 11.8 Å². The van der Waals surface area contributed by atoms with E-state index in [1.54, 1.807) is 23.1 Å². The summed E-state index contributed by atoms with van der Waals surface area (Å²) in [4.78, 5) is 65.4. The highest BCUT2D eigenvalue weighted by molar-refractivity contribution is 6.21. The number of halogens is 1. The lowest BCUT2D eigenvalue weighted by Crippen LogP contribution is -2.55. The molecule has 0 spiro atoms. The molecule has 3 aliphatic rings. The predicted molar refractivity (Wildman–Crippen MR) is 125 cm³/mol. The number of hydrogen-bond acceptors (Lipinski definition) is 10. The number of aromatic nitrogens is 4. The van der Waals surface area contributed by atoms with Gasteiger partial charge < -0.3 is 9.42 Å². The molecule has 5 heterocycles. The molecule has 1 unspecified atom stereocenters. The van der Waals surface area contributed by atoms with Crippen LogP contribution in [0, 0.1) is 5.82 Å². The number of nitrogens with zero attached hydrogens (tertiary/aromatic N) is 6. The molecule has 1 atom stereocenters. The molecule has 4 amide bonds. The van der Waals surface area contributed by atoms with E-state index in [0.717, 1.165) is 4.90 Å². The van der Waals surface area contributed by atoms with Gasteiger partial charge in [-0.05, 0) is 37.5 Å². The molecule has 12 nitrogen and oxygen atoms in total. The summed E-state index contributed by atoms with van der Waals surface area (Å²) in [7, 11) is 0. The summed E-state index contributed by atoms with van der Waals surface area (Å²) in [5, 5.41) is 6.10. The SMILES string of the molecule is O=C1CCC(N2C(=O)C3=C(C2=O)N(Cc2nc(-c4cccc(-c5ncccn5)c4F)no2)CCC3)C(=O)N1. The molecule has 3 aromatic rings. The lowest BCUT2D eigenvalue weighted by molar-refractivity contribution is -0.150. The summed E-state index contributed by atoms with van der Waals surface area (Å²) in [5.74, 6) is -2.48. The number of imide groups is 2. The highest BCUT2D eigenvalue weighted by Gasteiger charge is 2.48. The van der Waals surface area contributed by atoms with Gasteiger partial charge in [-0.2, -0.15) is 4.98 Å². The average Bonchev–Trinajstić information content (AvgIpc) is 3.48. The fourth-order valence-corrected chi connectivity index (χ4v) is 4.97. The van der Waals surface area contributed by atoms with Crippen LogP contribution in [0.3, 0.4) is 0 Å². The van der Waals surface area contributed by atoms with Crippen LogP contribution < -0.4 is 5.32 Å². The van der Waals surface area contributed by atoms with Crippen LogP contribution in [0.25, 0.3) is 22.8 Å². The number of carbonyl (C=O) groups excluding carboxylic acids is 4. The van der Waals surface area contributed by atoms with Gasteiger partial charge in [-0.3, -0.25) is 29.4 Å². The maximum Gasteiger partial charge on any atom is 0.278 e. The van der Waals surface area contributed by atoms with Crippen LogP contribution in [0.15, 0.2) is 52.5 Å². The first-order valence-electron chi connectivity index (χ1n) is 12.0. The highest BCUT2D eigenvalue weighted by Crippen LogP contribution is 2.35. The number of benzene rings is 1. The summed E-state index contributed by atoms with van der Waals surface area (Å²) in [6.45, 7) is 0.450. The van der Waals surface area contributed by atoms with E-state index in [1.807, 2.05) is 0 Å². The minimum Gasteiger partial charge on any atom is -0.357 e. The second-order valence-electron chi connectivity index (χ2n) is 9.05. The quantitative estimate of drug-likeness (QED) is 0.491. The number of carbonyl (C=O) groups is 4. The molecule has 6 rings (SSSR count). The summed E-state index contributed by atoms with van der Waals surface area (Å²) in [5.41, 5.74) is 0.774. The third-order valence-electron chi connectivity index (χ3n) is 6.72. The lowest BCUT2D eigenvalue weighted by Gasteiger charge is -2.29. The first-order valence-corrected chi connectivity index (χ1v) is 12.0. The number of amides is 4. The first-order chi connectivity index (χ1) is 18.4. The van der Waals surface area contributed by atoms with E-state index < -0.39 is 35.5 Å². The zero-order valence-corrected chi connectivity index (χ0v) is 19.9. The number of piperidine rings is 1. The smallest absolute Gasteiger partial charge is 0.278 e. The zero-order valence-electron chi connectivity index (χ0n) is 19.9. The predicted octanol–water partition coefficient (Wildman–Crippen LogP) is 1.36. The molecule has 192 valence electrons. The third kappa shape index (κ3) is 3.92. The van der Waals surface area contributed by atoms with Gasteiger partial charge in [-0.15, -0.1) is 0 Å². The fourth-order valence-electron chi connectivity index (χ4n) is 4.97. The van der Waals surface area contributed by atoms with Crippen LogP contribution in [-0.4, -0.2) is 66.1 Å². The van der Waals surface area contributed by atoms with Crippen LogP contribution in [-0.2, 0) is 25.7 Å². The van der Waals surface area contributed by atoms with E-state index in [0.29, 0.717) is 25.0 Å². The minimum absolute atomic E-state index is 0.0111. The maximum atomic E-state index is 15.3. The molecule has 0 saturated carbocycles. The van der Waals surface area contributed by atoms with E-state index in [4.69, 9.17) is 4.52 Å². The number of rotatable bonds is 5. The zero-order chi connectivity index (χ0) is 26.4. The van der Waals surface area contributed by atoms with E-state index >= 15 is 4.39 Å². The van der Waals surface area contributed by atoms with Crippen molar-refractivity contribution in [3.05, 3.63) is 59.6 Å². The largest absolute Gasteiger partial charge is 0.357 e. The van der Waals surface area contributed by atoms with Gasteiger partial charge in [0.1, 0.15) is 17.6 Å². The van der Waals surface area contributed by atoms with Crippen molar-refractivity contribution in [2.75, 3.05) is 6.54 Å². The average molecular weight is 517 g/mol. The van der Waals surface area contributed by atoms with Gasteiger partial charge >= 0.3 is 0 Å². The molecule has 3 aliphatic heterocycles. The summed E-state index contributed by atoms with van der Waals surface area (Å²) >= 11 is 0. The first kappa shape index (κ1) is 23.6.